The minimum absolute atomic E-state index is 0.301. The third-order valence-electron chi connectivity index (χ3n) is 6.02. The van der Waals surface area contributed by atoms with E-state index in [0.717, 1.165) is 31.9 Å². The van der Waals surface area contributed by atoms with Crippen LogP contribution in [0.2, 0.25) is 0 Å². The van der Waals surface area contributed by atoms with Gasteiger partial charge in [0.2, 0.25) is 0 Å². The molecule has 0 aromatic heterocycles. The summed E-state index contributed by atoms with van der Waals surface area (Å²) in [6.07, 6.45) is 3.37. The van der Waals surface area contributed by atoms with Crippen molar-refractivity contribution in [2.24, 2.45) is 0 Å². The molecule has 1 saturated heterocycles. The number of rotatable bonds is 6. The van der Waals surface area contributed by atoms with Crippen LogP contribution < -0.4 is 4.74 Å². The van der Waals surface area contributed by atoms with Gasteiger partial charge in [-0.3, -0.25) is 4.90 Å². The fraction of sp³-hybridized carbons (Fsp3) is 0.259. The maximum absolute atomic E-state index is 6.24. The zero-order valence-electron chi connectivity index (χ0n) is 17.1. The molecule has 3 aromatic carbocycles. The van der Waals surface area contributed by atoms with Crippen LogP contribution in [-0.4, -0.2) is 30.2 Å². The first kappa shape index (κ1) is 19.1. The average Bonchev–Trinajstić information content (AvgIpc) is 2.79. The van der Waals surface area contributed by atoms with E-state index in [0.29, 0.717) is 18.7 Å². The molecule has 3 heteroatoms. The number of hydrogen-bond acceptors (Lipinski definition) is 3. The van der Waals surface area contributed by atoms with Gasteiger partial charge in [0.25, 0.3) is 0 Å². The predicted octanol–water partition coefficient (Wildman–Crippen LogP) is 5.32. The second-order valence-electron chi connectivity index (χ2n) is 8.08. The van der Waals surface area contributed by atoms with Crippen LogP contribution in [0.3, 0.4) is 0 Å². The van der Waals surface area contributed by atoms with Crippen LogP contribution in [0.15, 0.2) is 91.0 Å². The number of ether oxygens (including phenoxy) is 2. The highest BCUT2D eigenvalue weighted by molar-refractivity contribution is 5.72. The Hall–Kier alpha value is -2.88. The molecular formula is C27H27NO2. The van der Waals surface area contributed by atoms with Gasteiger partial charge in [0.05, 0.1) is 19.3 Å². The number of nitrogens with zero attached hydrogens (tertiary/aromatic N) is 1. The largest absolute Gasteiger partial charge is 0.488 e. The Balaban J connectivity index is 1.37. The Morgan fingerprint density at radius 1 is 0.800 bits per heavy atom. The van der Waals surface area contributed by atoms with Crippen LogP contribution in [0.5, 0.6) is 5.75 Å². The first-order chi connectivity index (χ1) is 14.9. The molecule has 0 amide bonds. The van der Waals surface area contributed by atoms with Gasteiger partial charge in [-0.1, -0.05) is 84.9 Å². The van der Waals surface area contributed by atoms with Crippen molar-refractivity contribution >= 4 is 5.57 Å². The lowest BCUT2D eigenvalue weighted by Crippen LogP contribution is -2.53. The summed E-state index contributed by atoms with van der Waals surface area (Å²) in [4.78, 5) is 2.59. The third-order valence-corrected chi connectivity index (χ3v) is 6.02. The number of para-hydroxylation sites is 1. The van der Waals surface area contributed by atoms with Crippen molar-refractivity contribution in [1.82, 2.24) is 4.90 Å². The smallest absolute Gasteiger partial charge is 0.127 e. The van der Waals surface area contributed by atoms with Crippen molar-refractivity contribution < 1.29 is 9.47 Å². The summed E-state index contributed by atoms with van der Waals surface area (Å²) < 4.78 is 12.1. The van der Waals surface area contributed by atoms with Crippen LogP contribution in [-0.2, 0) is 17.9 Å². The van der Waals surface area contributed by atoms with E-state index in [1.54, 1.807) is 0 Å². The summed E-state index contributed by atoms with van der Waals surface area (Å²) >= 11 is 0. The third kappa shape index (κ3) is 4.18. The summed E-state index contributed by atoms with van der Waals surface area (Å²) in [5.41, 5.74) is 5.13. The van der Waals surface area contributed by atoms with E-state index in [1.165, 1.54) is 22.3 Å². The van der Waals surface area contributed by atoms with E-state index in [2.05, 4.69) is 89.8 Å². The number of hydrogen-bond donors (Lipinski definition) is 0. The van der Waals surface area contributed by atoms with Gasteiger partial charge in [0.15, 0.2) is 0 Å². The van der Waals surface area contributed by atoms with Gasteiger partial charge in [0, 0.05) is 18.2 Å². The molecule has 2 unspecified atom stereocenters. The second kappa shape index (κ2) is 8.86. The van der Waals surface area contributed by atoms with Crippen molar-refractivity contribution in [1.29, 1.82) is 0 Å². The summed E-state index contributed by atoms with van der Waals surface area (Å²) in [5.74, 6) is 0.961. The van der Waals surface area contributed by atoms with E-state index >= 15 is 0 Å². The fourth-order valence-electron chi connectivity index (χ4n) is 4.49. The van der Waals surface area contributed by atoms with Gasteiger partial charge in [-0.05, 0) is 29.2 Å². The van der Waals surface area contributed by atoms with Crippen molar-refractivity contribution in [2.75, 3.05) is 13.2 Å². The Kier molecular flexibility index (Phi) is 5.65. The molecule has 1 fully saturated rings. The molecule has 30 heavy (non-hydrogen) atoms. The molecule has 0 saturated carbocycles. The monoisotopic (exact) mass is 397 g/mol. The highest BCUT2D eigenvalue weighted by atomic mass is 16.5. The quantitative estimate of drug-likeness (QED) is 0.562. The molecule has 2 aliphatic rings. The molecule has 2 bridgehead atoms. The summed E-state index contributed by atoms with van der Waals surface area (Å²) in [7, 11) is 0. The molecule has 152 valence electrons. The first-order valence-electron chi connectivity index (χ1n) is 10.7. The van der Waals surface area contributed by atoms with Crippen molar-refractivity contribution in [3.63, 3.8) is 0 Å². The van der Waals surface area contributed by atoms with Gasteiger partial charge in [-0.25, -0.2) is 0 Å². The lowest BCUT2D eigenvalue weighted by Gasteiger charge is -2.45. The van der Waals surface area contributed by atoms with Crippen LogP contribution in [0.25, 0.3) is 5.57 Å². The van der Waals surface area contributed by atoms with Gasteiger partial charge >= 0.3 is 0 Å². The van der Waals surface area contributed by atoms with E-state index in [9.17, 15) is 0 Å². The maximum Gasteiger partial charge on any atom is 0.127 e. The molecular weight excluding hydrogens is 370 g/mol. The van der Waals surface area contributed by atoms with E-state index in [1.807, 2.05) is 6.07 Å². The SMILES string of the molecule is C1=C(c2ccccc2OCc2ccccc2)CC2COCC1N2Cc1ccccc1. The van der Waals surface area contributed by atoms with Crippen molar-refractivity contribution in [2.45, 2.75) is 31.7 Å². The van der Waals surface area contributed by atoms with Gasteiger partial charge in [-0.2, -0.15) is 0 Å². The lowest BCUT2D eigenvalue weighted by molar-refractivity contribution is -0.0403. The Labute approximate surface area is 178 Å². The minimum atomic E-state index is 0.301. The molecule has 0 aliphatic carbocycles. The molecule has 3 nitrogen and oxygen atoms in total. The van der Waals surface area contributed by atoms with Crippen LogP contribution in [0, 0.1) is 0 Å². The number of fused-ring (bicyclic) bond motifs is 2. The Morgan fingerprint density at radius 3 is 2.27 bits per heavy atom. The molecule has 5 rings (SSSR count). The van der Waals surface area contributed by atoms with E-state index in [4.69, 9.17) is 9.47 Å². The highest BCUT2D eigenvalue weighted by Gasteiger charge is 2.35. The normalized spacial score (nSPS) is 21.1. The van der Waals surface area contributed by atoms with Crippen LogP contribution in [0.1, 0.15) is 23.1 Å². The predicted molar refractivity (Wildman–Crippen MR) is 120 cm³/mol. The zero-order chi connectivity index (χ0) is 20.2. The summed E-state index contributed by atoms with van der Waals surface area (Å²) in [6.45, 7) is 3.09. The molecule has 2 atom stereocenters. The van der Waals surface area contributed by atoms with Crippen LogP contribution in [0.4, 0.5) is 0 Å². The second-order valence-corrected chi connectivity index (χ2v) is 8.08. The zero-order valence-corrected chi connectivity index (χ0v) is 17.1. The fourth-order valence-corrected chi connectivity index (χ4v) is 4.49. The molecule has 3 aromatic rings. The van der Waals surface area contributed by atoms with E-state index in [-0.39, 0.29) is 0 Å². The van der Waals surface area contributed by atoms with Crippen molar-refractivity contribution in [3.05, 3.63) is 108 Å². The van der Waals surface area contributed by atoms with E-state index < -0.39 is 0 Å². The van der Waals surface area contributed by atoms with Gasteiger partial charge in [0.1, 0.15) is 12.4 Å². The summed E-state index contributed by atoms with van der Waals surface area (Å²) in [5, 5.41) is 0. The maximum atomic E-state index is 6.24. The molecule has 0 spiro atoms. The summed E-state index contributed by atoms with van der Waals surface area (Å²) in [6, 6.07) is 30.2. The molecule has 2 heterocycles. The van der Waals surface area contributed by atoms with Crippen molar-refractivity contribution in [3.8, 4) is 5.75 Å². The average molecular weight is 398 g/mol. The Bertz CT molecular complexity index is 1000. The number of morpholine rings is 1. The van der Waals surface area contributed by atoms with Crippen LogP contribution >= 0.6 is 0 Å². The standard InChI is InChI=1S/C27H27NO2/c1-3-9-21(10-4-1)17-28-24-15-23(16-25(28)20-29-19-24)26-13-7-8-14-27(26)30-18-22-11-5-2-6-12-22/h1-15,24-25H,16-20H2. The van der Waals surface area contributed by atoms with Gasteiger partial charge in [-0.15, -0.1) is 0 Å². The minimum Gasteiger partial charge on any atom is -0.488 e. The molecule has 0 radical (unpaired) electrons. The van der Waals surface area contributed by atoms with Gasteiger partial charge < -0.3 is 9.47 Å². The first-order valence-corrected chi connectivity index (χ1v) is 10.7. The molecule has 0 N–H and O–H groups in total. The topological polar surface area (TPSA) is 21.7 Å². The lowest BCUT2D eigenvalue weighted by atomic mass is 9.89. The number of benzene rings is 3. The molecule has 2 aliphatic heterocycles. The highest BCUT2D eigenvalue weighted by Crippen LogP contribution is 2.37. The Morgan fingerprint density at radius 2 is 1.50 bits per heavy atom.